The van der Waals surface area contributed by atoms with E-state index in [2.05, 4.69) is 29.1 Å². The molecule has 1 saturated heterocycles. The highest BCUT2D eigenvalue weighted by Gasteiger charge is 2.21. The number of likely N-dealkylation sites (tertiary alicyclic amines) is 1. The zero-order valence-corrected chi connectivity index (χ0v) is 14.2. The molecule has 1 fully saturated rings. The Morgan fingerprint density at radius 2 is 2.14 bits per heavy atom. The van der Waals surface area contributed by atoms with Crippen LogP contribution in [0.4, 0.5) is 0 Å². The number of aryl methyl sites for hydroxylation is 1. The summed E-state index contributed by atoms with van der Waals surface area (Å²) in [5.74, 6) is 1.55. The molecular formula is C17H32N4O. The molecule has 1 aromatic rings. The molecule has 22 heavy (non-hydrogen) atoms. The van der Waals surface area contributed by atoms with Gasteiger partial charge in [-0.2, -0.15) is 0 Å². The van der Waals surface area contributed by atoms with E-state index in [1.807, 2.05) is 10.9 Å². The van der Waals surface area contributed by atoms with Crippen LogP contribution in [0.15, 0.2) is 6.20 Å². The summed E-state index contributed by atoms with van der Waals surface area (Å²) in [4.78, 5) is 2.63. The minimum Gasteiger partial charge on any atom is -0.396 e. The molecule has 0 saturated carbocycles. The van der Waals surface area contributed by atoms with Gasteiger partial charge < -0.3 is 10.0 Å². The molecule has 1 atom stereocenters. The average molecular weight is 308 g/mol. The van der Waals surface area contributed by atoms with Gasteiger partial charge in [-0.3, -0.25) is 4.68 Å². The predicted octanol–water partition coefficient (Wildman–Crippen LogP) is 2.35. The van der Waals surface area contributed by atoms with Gasteiger partial charge in [0.05, 0.1) is 5.69 Å². The SMILES string of the molecule is CCC[C@H](C)CN1CCC(Cn2cc(CCCO)nn2)CC1. The Hall–Kier alpha value is -0.940. The molecule has 2 rings (SSSR count). The molecule has 1 aliphatic heterocycles. The molecule has 1 aromatic heterocycles. The van der Waals surface area contributed by atoms with Crippen molar-refractivity contribution < 1.29 is 5.11 Å². The summed E-state index contributed by atoms with van der Waals surface area (Å²) >= 11 is 0. The average Bonchev–Trinajstić information content (AvgIpc) is 2.95. The van der Waals surface area contributed by atoms with E-state index in [4.69, 9.17) is 5.11 Å². The van der Waals surface area contributed by atoms with E-state index in [1.54, 1.807) is 0 Å². The molecular weight excluding hydrogens is 276 g/mol. The zero-order valence-electron chi connectivity index (χ0n) is 14.2. The molecule has 2 heterocycles. The summed E-state index contributed by atoms with van der Waals surface area (Å²) in [5, 5.41) is 17.3. The first-order valence-corrected chi connectivity index (χ1v) is 8.93. The summed E-state index contributed by atoms with van der Waals surface area (Å²) in [5.41, 5.74) is 1.000. The van der Waals surface area contributed by atoms with E-state index in [0.717, 1.165) is 36.9 Å². The second-order valence-corrected chi connectivity index (χ2v) is 6.90. The highest BCUT2D eigenvalue weighted by atomic mass is 16.2. The number of rotatable bonds is 9. The second kappa shape index (κ2) is 9.26. The molecule has 0 aromatic carbocycles. The van der Waals surface area contributed by atoms with Crippen LogP contribution in [0.5, 0.6) is 0 Å². The molecule has 0 radical (unpaired) electrons. The van der Waals surface area contributed by atoms with Crippen molar-refractivity contribution in [2.75, 3.05) is 26.2 Å². The number of aliphatic hydroxyl groups excluding tert-OH is 1. The van der Waals surface area contributed by atoms with Gasteiger partial charge >= 0.3 is 0 Å². The van der Waals surface area contributed by atoms with Crippen molar-refractivity contribution in [3.8, 4) is 0 Å². The van der Waals surface area contributed by atoms with Gasteiger partial charge in [0.25, 0.3) is 0 Å². The van der Waals surface area contributed by atoms with E-state index >= 15 is 0 Å². The fourth-order valence-electron chi connectivity index (χ4n) is 3.44. The predicted molar refractivity (Wildman–Crippen MR) is 88.7 cm³/mol. The first-order valence-electron chi connectivity index (χ1n) is 8.93. The Bertz CT molecular complexity index is 413. The number of aromatic nitrogens is 3. The molecule has 0 bridgehead atoms. The summed E-state index contributed by atoms with van der Waals surface area (Å²) < 4.78 is 1.99. The van der Waals surface area contributed by atoms with Gasteiger partial charge in [-0.1, -0.05) is 25.5 Å². The summed E-state index contributed by atoms with van der Waals surface area (Å²) in [7, 11) is 0. The fraction of sp³-hybridized carbons (Fsp3) is 0.882. The zero-order chi connectivity index (χ0) is 15.8. The van der Waals surface area contributed by atoms with Gasteiger partial charge in [-0.05, 0) is 57.0 Å². The maximum absolute atomic E-state index is 8.86. The van der Waals surface area contributed by atoms with Gasteiger partial charge in [0, 0.05) is 25.9 Å². The third-order valence-corrected chi connectivity index (χ3v) is 4.68. The van der Waals surface area contributed by atoms with Crippen LogP contribution in [-0.4, -0.2) is 51.2 Å². The Kier molecular flexibility index (Phi) is 7.33. The Morgan fingerprint density at radius 1 is 1.36 bits per heavy atom. The number of nitrogens with zero attached hydrogens (tertiary/aromatic N) is 4. The van der Waals surface area contributed by atoms with Gasteiger partial charge in [-0.25, -0.2) is 0 Å². The van der Waals surface area contributed by atoms with Crippen LogP contribution in [0.25, 0.3) is 0 Å². The van der Waals surface area contributed by atoms with Crippen LogP contribution >= 0.6 is 0 Å². The standard InChI is InChI=1S/C17H32N4O/c1-3-5-15(2)12-20-9-7-16(8-10-20)13-21-14-17(18-19-21)6-4-11-22/h14-16,22H,3-13H2,1-2H3/t15-/m0/s1. The molecule has 5 nitrogen and oxygen atoms in total. The van der Waals surface area contributed by atoms with Crippen molar-refractivity contribution in [1.82, 2.24) is 19.9 Å². The number of aliphatic hydroxyl groups is 1. The maximum Gasteiger partial charge on any atom is 0.0828 e. The highest BCUT2D eigenvalue weighted by molar-refractivity contribution is 4.92. The second-order valence-electron chi connectivity index (χ2n) is 6.90. The van der Waals surface area contributed by atoms with Crippen molar-refractivity contribution in [3.63, 3.8) is 0 Å². The van der Waals surface area contributed by atoms with Crippen LogP contribution in [0.3, 0.4) is 0 Å². The lowest BCUT2D eigenvalue weighted by atomic mass is 9.95. The lowest BCUT2D eigenvalue weighted by molar-refractivity contribution is 0.150. The largest absolute Gasteiger partial charge is 0.396 e. The van der Waals surface area contributed by atoms with Crippen molar-refractivity contribution in [3.05, 3.63) is 11.9 Å². The number of hydrogen-bond acceptors (Lipinski definition) is 4. The molecule has 0 amide bonds. The Morgan fingerprint density at radius 3 is 2.82 bits per heavy atom. The van der Waals surface area contributed by atoms with Gasteiger partial charge in [-0.15, -0.1) is 5.10 Å². The summed E-state index contributed by atoms with van der Waals surface area (Å²) in [6, 6.07) is 0. The van der Waals surface area contributed by atoms with E-state index in [9.17, 15) is 0 Å². The van der Waals surface area contributed by atoms with E-state index in [-0.39, 0.29) is 6.61 Å². The topological polar surface area (TPSA) is 54.2 Å². The fourth-order valence-corrected chi connectivity index (χ4v) is 3.44. The molecule has 1 aliphatic rings. The molecule has 5 heteroatoms. The highest BCUT2D eigenvalue weighted by Crippen LogP contribution is 2.20. The van der Waals surface area contributed by atoms with Crippen LogP contribution in [0.1, 0.15) is 51.6 Å². The van der Waals surface area contributed by atoms with Crippen molar-refractivity contribution in [2.45, 2.75) is 58.9 Å². The third kappa shape index (κ3) is 5.69. The maximum atomic E-state index is 8.86. The Labute approximate surface area is 134 Å². The molecule has 0 aliphatic carbocycles. The quantitative estimate of drug-likeness (QED) is 0.761. The minimum absolute atomic E-state index is 0.224. The molecule has 0 unspecified atom stereocenters. The molecule has 0 spiro atoms. The minimum atomic E-state index is 0.224. The molecule has 126 valence electrons. The third-order valence-electron chi connectivity index (χ3n) is 4.68. The summed E-state index contributed by atoms with van der Waals surface area (Å²) in [6.07, 6.45) is 8.82. The monoisotopic (exact) mass is 308 g/mol. The van der Waals surface area contributed by atoms with Gasteiger partial charge in [0.15, 0.2) is 0 Å². The lowest BCUT2D eigenvalue weighted by Crippen LogP contribution is -2.37. The van der Waals surface area contributed by atoms with Gasteiger partial charge in [0.2, 0.25) is 0 Å². The number of piperidine rings is 1. The number of hydrogen-bond donors (Lipinski definition) is 1. The van der Waals surface area contributed by atoms with Crippen LogP contribution in [-0.2, 0) is 13.0 Å². The van der Waals surface area contributed by atoms with Gasteiger partial charge in [0.1, 0.15) is 0 Å². The van der Waals surface area contributed by atoms with Crippen molar-refractivity contribution >= 4 is 0 Å². The Balaban J connectivity index is 1.69. The normalized spacial score (nSPS) is 18.7. The van der Waals surface area contributed by atoms with E-state index in [0.29, 0.717) is 0 Å². The van der Waals surface area contributed by atoms with E-state index < -0.39 is 0 Å². The lowest BCUT2D eigenvalue weighted by Gasteiger charge is -2.33. The van der Waals surface area contributed by atoms with Crippen LogP contribution in [0, 0.1) is 11.8 Å². The van der Waals surface area contributed by atoms with Crippen molar-refractivity contribution in [2.24, 2.45) is 11.8 Å². The van der Waals surface area contributed by atoms with Crippen LogP contribution < -0.4 is 0 Å². The molecule has 1 N–H and O–H groups in total. The van der Waals surface area contributed by atoms with Crippen LogP contribution in [0.2, 0.25) is 0 Å². The van der Waals surface area contributed by atoms with Crippen molar-refractivity contribution in [1.29, 1.82) is 0 Å². The smallest absolute Gasteiger partial charge is 0.0828 e. The first-order chi connectivity index (χ1) is 10.7. The summed E-state index contributed by atoms with van der Waals surface area (Å²) in [6.45, 7) is 9.58. The van der Waals surface area contributed by atoms with E-state index in [1.165, 1.54) is 45.3 Å². The first kappa shape index (κ1) is 17.4.